The van der Waals surface area contributed by atoms with Crippen LogP contribution in [0.25, 0.3) is 0 Å². The van der Waals surface area contributed by atoms with E-state index >= 15 is 0 Å². The van der Waals surface area contributed by atoms with Gasteiger partial charge in [-0.15, -0.1) is 0 Å². The Morgan fingerprint density at radius 3 is 2.38 bits per heavy atom. The molecular weight excluding hydrogens is 320 g/mol. The van der Waals surface area contributed by atoms with Crippen molar-refractivity contribution in [1.82, 2.24) is 4.90 Å². The minimum absolute atomic E-state index is 0.0343. The Labute approximate surface area is 139 Å². The van der Waals surface area contributed by atoms with Crippen molar-refractivity contribution in [1.29, 1.82) is 0 Å². The van der Waals surface area contributed by atoms with Crippen molar-refractivity contribution >= 4 is 11.9 Å². The number of aliphatic carboxylic acids is 1. The lowest BCUT2D eigenvalue weighted by atomic mass is 9.76. The first-order chi connectivity index (χ1) is 11.2. The van der Waals surface area contributed by atoms with Crippen LogP contribution in [0.3, 0.4) is 0 Å². The van der Waals surface area contributed by atoms with Gasteiger partial charge in [-0.2, -0.15) is 8.78 Å². The third-order valence-corrected chi connectivity index (χ3v) is 4.69. The molecule has 0 radical (unpaired) electrons. The van der Waals surface area contributed by atoms with Crippen molar-refractivity contribution in [2.75, 3.05) is 13.1 Å². The Morgan fingerprint density at radius 2 is 1.92 bits per heavy atom. The molecule has 1 aliphatic rings. The maximum absolute atomic E-state index is 12.4. The summed E-state index contributed by atoms with van der Waals surface area (Å²) in [6, 6.07) is 5.87. The Balaban J connectivity index is 1.99. The molecule has 1 fully saturated rings. The number of carboxylic acids is 1. The zero-order valence-electron chi connectivity index (χ0n) is 13.7. The predicted octanol–water partition coefficient (Wildman–Crippen LogP) is 2.79. The molecule has 1 unspecified atom stereocenters. The van der Waals surface area contributed by atoms with Gasteiger partial charge in [0.15, 0.2) is 0 Å². The van der Waals surface area contributed by atoms with Crippen LogP contribution in [0, 0.1) is 11.3 Å². The molecule has 1 atom stereocenters. The normalized spacial score (nSPS) is 20.7. The quantitative estimate of drug-likeness (QED) is 0.864. The minimum Gasteiger partial charge on any atom is -0.481 e. The molecule has 1 aromatic carbocycles. The van der Waals surface area contributed by atoms with Crippen LogP contribution in [-0.2, 0) is 16.0 Å². The van der Waals surface area contributed by atoms with Crippen LogP contribution in [0.2, 0.25) is 0 Å². The summed E-state index contributed by atoms with van der Waals surface area (Å²) in [6.07, 6.45) is 0.537. The summed E-state index contributed by atoms with van der Waals surface area (Å²) in [6.45, 7) is 1.43. The molecule has 132 valence electrons. The highest BCUT2D eigenvalue weighted by atomic mass is 19.3. The van der Waals surface area contributed by atoms with Gasteiger partial charge in [0.25, 0.3) is 0 Å². The Bertz CT molecular complexity index is 603. The summed E-state index contributed by atoms with van der Waals surface area (Å²) >= 11 is 0. The Morgan fingerprint density at radius 1 is 1.29 bits per heavy atom. The second-order valence-corrected chi connectivity index (χ2v) is 6.38. The van der Waals surface area contributed by atoms with E-state index in [1.807, 2.05) is 13.8 Å². The number of carboxylic acid groups (broad SMARTS) is 1. The number of rotatable bonds is 6. The summed E-state index contributed by atoms with van der Waals surface area (Å²) in [5, 5.41) is 9.51. The van der Waals surface area contributed by atoms with E-state index in [1.165, 1.54) is 12.1 Å². The van der Waals surface area contributed by atoms with Gasteiger partial charge in [0, 0.05) is 13.1 Å². The fourth-order valence-electron chi connectivity index (χ4n) is 3.01. The topological polar surface area (TPSA) is 66.8 Å². The van der Waals surface area contributed by atoms with E-state index in [0.717, 1.165) is 0 Å². The number of alkyl halides is 2. The minimum atomic E-state index is -2.89. The molecule has 0 saturated carbocycles. The van der Waals surface area contributed by atoms with Crippen molar-refractivity contribution in [3.63, 3.8) is 0 Å². The van der Waals surface area contributed by atoms with Gasteiger partial charge >= 0.3 is 12.6 Å². The molecule has 1 amide bonds. The lowest BCUT2D eigenvalue weighted by Crippen LogP contribution is -2.41. The van der Waals surface area contributed by atoms with Crippen molar-refractivity contribution in [2.45, 2.75) is 33.3 Å². The summed E-state index contributed by atoms with van der Waals surface area (Å²) < 4.78 is 28.5. The Hall–Kier alpha value is -2.18. The van der Waals surface area contributed by atoms with Crippen LogP contribution in [0.15, 0.2) is 24.3 Å². The number of carbonyl (C=O) groups excluding carboxylic acids is 1. The molecule has 24 heavy (non-hydrogen) atoms. The third-order valence-electron chi connectivity index (χ3n) is 4.69. The SMILES string of the molecule is CC(C)C1(C(=O)O)CCN(C(=O)Cc2ccc(OC(F)F)cc2)C1. The van der Waals surface area contributed by atoms with Gasteiger partial charge in [-0.1, -0.05) is 26.0 Å². The van der Waals surface area contributed by atoms with Gasteiger partial charge in [-0.25, -0.2) is 0 Å². The van der Waals surface area contributed by atoms with Crippen LogP contribution in [0.1, 0.15) is 25.8 Å². The van der Waals surface area contributed by atoms with Crippen molar-refractivity contribution < 1.29 is 28.2 Å². The third kappa shape index (κ3) is 3.83. The second kappa shape index (κ2) is 7.15. The van der Waals surface area contributed by atoms with Crippen LogP contribution in [-0.4, -0.2) is 41.6 Å². The maximum Gasteiger partial charge on any atom is 0.387 e. The summed E-state index contributed by atoms with van der Waals surface area (Å²) in [4.78, 5) is 25.6. The number of benzene rings is 1. The number of carbonyl (C=O) groups is 2. The molecule has 1 heterocycles. The number of hydrogen-bond donors (Lipinski definition) is 1. The maximum atomic E-state index is 12.4. The Kier molecular flexibility index (Phi) is 5.41. The van der Waals surface area contributed by atoms with E-state index in [-0.39, 0.29) is 30.5 Å². The van der Waals surface area contributed by atoms with E-state index in [1.54, 1.807) is 17.0 Å². The zero-order chi connectivity index (χ0) is 17.9. The van der Waals surface area contributed by atoms with Gasteiger partial charge in [0.2, 0.25) is 5.91 Å². The van der Waals surface area contributed by atoms with E-state index in [0.29, 0.717) is 18.5 Å². The number of nitrogens with zero attached hydrogens (tertiary/aromatic N) is 1. The highest BCUT2D eigenvalue weighted by Gasteiger charge is 2.48. The number of ether oxygens (including phenoxy) is 1. The molecule has 1 saturated heterocycles. The average molecular weight is 341 g/mol. The molecule has 1 N–H and O–H groups in total. The van der Waals surface area contributed by atoms with E-state index < -0.39 is 18.0 Å². The predicted molar refractivity (Wildman–Crippen MR) is 82.9 cm³/mol. The number of halogens is 2. The molecule has 0 bridgehead atoms. The van der Waals surface area contributed by atoms with Gasteiger partial charge in [0.1, 0.15) is 5.75 Å². The molecule has 1 aromatic rings. The fraction of sp³-hybridized carbons (Fsp3) is 0.529. The first-order valence-corrected chi connectivity index (χ1v) is 7.79. The van der Waals surface area contributed by atoms with E-state index in [9.17, 15) is 23.5 Å². The van der Waals surface area contributed by atoms with Crippen LogP contribution >= 0.6 is 0 Å². The number of hydrogen-bond acceptors (Lipinski definition) is 3. The fourth-order valence-corrected chi connectivity index (χ4v) is 3.01. The molecule has 0 aliphatic carbocycles. The standard InChI is InChI=1S/C17H21F2NO4/c1-11(2)17(15(22)23)7-8-20(10-17)14(21)9-12-3-5-13(6-4-12)24-16(18)19/h3-6,11,16H,7-10H2,1-2H3,(H,22,23). The molecule has 0 aromatic heterocycles. The molecule has 1 aliphatic heterocycles. The lowest BCUT2D eigenvalue weighted by molar-refractivity contribution is -0.151. The van der Waals surface area contributed by atoms with Crippen LogP contribution in [0.4, 0.5) is 8.78 Å². The summed E-state index contributed by atoms with van der Waals surface area (Å²) in [5.41, 5.74) is -0.232. The number of likely N-dealkylation sites (tertiary alicyclic amines) is 1. The first-order valence-electron chi connectivity index (χ1n) is 7.79. The monoisotopic (exact) mass is 341 g/mol. The van der Waals surface area contributed by atoms with Gasteiger partial charge in [-0.3, -0.25) is 9.59 Å². The molecule has 5 nitrogen and oxygen atoms in total. The van der Waals surface area contributed by atoms with E-state index in [4.69, 9.17) is 0 Å². The van der Waals surface area contributed by atoms with Crippen molar-refractivity contribution in [3.8, 4) is 5.75 Å². The van der Waals surface area contributed by atoms with Crippen LogP contribution < -0.4 is 4.74 Å². The number of amides is 1. The highest BCUT2D eigenvalue weighted by Crippen LogP contribution is 2.38. The summed E-state index contributed by atoms with van der Waals surface area (Å²) in [7, 11) is 0. The van der Waals surface area contributed by atoms with Crippen molar-refractivity contribution in [2.24, 2.45) is 11.3 Å². The van der Waals surface area contributed by atoms with Crippen molar-refractivity contribution in [3.05, 3.63) is 29.8 Å². The van der Waals surface area contributed by atoms with Crippen LogP contribution in [0.5, 0.6) is 5.75 Å². The van der Waals surface area contributed by atoms with Gasteiger partial charge in [-0.05, 0) is 30.0 Å². The zero-order valence-corrected chi connectivity index (χ0v) is 13.7. The smallest absolute Gasteiger partial charge is 0.387 e. The first kappa shape index (κ1) is 18.2. The van der Waals surface area contributed by atoms with E-state index in [2.05, 4.69) is 4.74 Å². The molecular formula is C17H21F2NO4. The second-order valence-electron chi connectivity index (χ2n) is 6.38. The van der Waals surface area contributed by atoms with Gasteiger partial charge in [0.05, 0.1) is 11.8 Å². The lowest BCUT2D eigenvalue weighted by Gasteiger charge is -2.28. The highest BCUT2D eigenvalue weighted by molar-refractivity contribution is 5.82. The molecule has 2 rings (SSSR count). The summed E-state index contributed by atoms with van der Waals surface area (Å²) in [5.74, 6) is -1.08. The largest absolute Gasteiger partial charge is 0.481 e. The van der Waals surface area contributed by atoms with Gasteiger partial charge < -0.3 is 14.7 Å². The molecule has 0 spiro atoms. The molecule has 7 heteroatoms. The average Bonchev–Trinajstić information content (AvgIpc) is 2.95.